The van der Waals surface area contributed by atoms with E-state index in [-0.39, 0.29) is 11.3 Å². The van der Waals surface area contributed by atoms with Gasteiger partial charge in [0.05, 0.1) is 4.92 Å². The van der Waals surface area contributed by atoms with Gasteiger partial charge in [-0.25, -0.2) is 4.79 Å². The summed E-state index contributed by atoms with van der Waals surface area (Å²) < 4.78 is 0. The Morgan fingerprint density at radius 2 is 1.95 bits per heavy atom. The molecule has 0 aliphatic heterocycles. The Bertz CT molecular complexity index is 605. The summed E-state index contributed by atoms with van der Waals surface area (Å²) in [5, 5.41) is 22.9. The predicted octanol–water partition coefficient (Wildman–Crippen LogP) is 2.03. The lowest BCUT2D eigenvalue weighted by atomic mass is 9.96. The second-order valence-electron chi connectivity index (χ2n) is 5.27. The Morgan fingerprint density at radius 1 is 1.33 bits per heavy atom. The Kier molecular flexibility index (Phi) is 3.93. The maximum Gasteiger partial charge on any atom is 0.329 e. The molecule has 0 spiro atoms. The Balaban J connectivity index is 2.37. The molecule has 0 saturated heterocycles. The van der Waals surface area contributed by atoms with Crippen molar-refractivity contribution in [1.29, 1.82) is 0 Å². The van der Waals surface area contributed by atoms with Crippen LogP contribution in [0.5, 0.6) is 0 Å². The summed E-state index contributed by atoms with van der Waals surface area (Å²) >= 11 is 0. The lowest BCUT2D eigenvalue weighted by Crippen LogP contribution is -2.52. The van der Waals surface area contributed by atoms with Crippen LogP contribution < -0.4 is 5.32 Å². The predicted molar refractivity (Wildman–Crippen MR) is 74.1 cm³/mol. The summed E-state index contributed by atoms with van der Waals surface area (Å²) in [7, 11) is 0. The van der Waals surface area contributed by atoms with Gasteiger partial charge in [-0.15, -0.1) is 0 Å². The first-order chi connectivity index (χ1) is 9.87. The smallest absolute Gasteiger partial charge is 0.329 e. The van der Waals surface area contributed by atoms with E-state index in [2.05, 4.69) is 5.32 Å². The van der Waals surface area contributed by atoms with Crippen molar-refractivity contribution in [3.05, 3.63) is 39.4 Å². The number of carbonyl (C=O) groups excluding carboxylic acids is 1. The van der Waals surface area contributed by atoms with Gasteiger partial charge in [0.15, 0.2) is 0 Å². The van der Waals surface area contributed by atoms with E-state index in [1.165, 1.54) is 12.1 Å². The van der Waals surface area contributed by atoms with E-state index >= 15 is 0 Å². The highest BCUT2D eigenvalue weighted by molar-refractivity contribution is 6.02. The standard InChI is InChI=1S/C14H16N2O5/c1-9-5-4-6-10(16(20)21)11(9)12(17)15-14(13(18)19)7-2-3-8-14/h4-6H,2-3,7-8H2,1H3,(H,15,17)(H,18,19). The second-order valence-corrected chi connectivity index (χ2v) is 5.27. The molecule has 7 heteroatoms. The number of nitro benzene ring substituents is 1. The molecule has 7 nitrogen and oxygen atoms in total. The number of carbonyl (C=O) groups is 2. The number of aryl methyl sites for hydroxylation is 1. The van der Waals surface area contributed by atoms with Crippen molar-refractivity contribution < 1.29 is 19.6 Å². The number of hydrogen-bond acceptors (Lipinski definition) is 4. The molecule has 0 bridgehead atoms. The molecular weight excluding hydrogens is 276 g/mol. The number of carboxylic acids is 1. The van der Waals surface area contributed by atoms with Crippen LogP contribution in [0.2, 0.25) is 0 Å². The van der Waals surface area contributed by atoms with Gasteiger partial charge in [-0.05, 0) is 25.3 Å². The molecule has 21 heavy (non-hydrogen) atoms. The van der Waals surface area contributed by atoms with Gasteiger partial charge in [0, 0.05) is 6.07 Å². The second kappa shape index (κ2) is 5.51. The van der Waals surface area contributed by atoms with Crippen LogP contribution in [0.1, 0.15) is 41.6 Å². The fraction of sp³-hybridized carbons (Fsp3) is 0.429. The minimum absolute atomic E-state index is 0.0741. The van der Waals surface area contributed by atoms with Gasteiger partial charge in [0.2, 0.25) is 0 Å². The number of nitro groups is 1. The van der Waals surface area contributed by atoms with Crippen LogP contribution in [0.25, 0.3) is 0 Å². The van der Waals surface area contributed by atoms with Crippen LogP contribution in [0.15, 0.2) is 18.2 Å². The maximum atomic E-state index is 12.4. The SMILES string of the molecule is Cc1cccc([N+](=O)[O-])c1C(=O)NC1(C(=O)O)CCCC1. The van der Waals surface area contributed by atoms with Crippen molar-refractivity contribution in [3.63, 3.8) is 0 Å². The van der Waals surface area contributed by atoms with Crippen LogP contribution >= 0.6 is 0 Å². The molecule has 2 N–H and O–H groups in total. The van der Waals surface area contributed by atoms with Crippen molar-refractivity contribution >= 4 is 17.6 Å². The number of benzene rings is 1. The van der Waals surface area contributed by atoms with E-state index in [4.69, 9.17) is 0 Å². The fourth-order valence-electron chi connectivity index (χ4n) is 2.75. The van der Waals surface area contributed by atoms with Gasteiger partial charge in [-0.2, -0.15) is 0 Å². The van der Waals surface area contributed by atoms with Gasteiger partial charge in [-0.1, -0.05) is 25.0 Å². The zero-order valence-electron chi connectivity index (χ0n) is 11.6. The minimum Gasteiger partial charge on any atom is -0.480 e. The summed E-state index contributed by atoms with van der Waals surface area (Å²) in [6, 6.07) is 4.32. The summed E-state index contributed by atoms with van der Waals surface area (Å²) in [6.45, 7) is 1.59. The first kappa shape index (κ1) is 15.0. The number of nitrogens with zero attached hydrogens (tertiary/aromatic N) is 1. The molecule has 1 aliphatic rings. The molecule has 1 aromatic rings. The molecule has 1 aliphatic carbocycles. The molecule has 2 rings (SSSR count). The van der Waals surface area contributed by atoms with Crippen molar-refractivity contribution in [2.75, 3.05) is 0 Å². The fourth-order valence-corrected chi connectivity index (χ4v) is 2.75. The third-order valence-corrected chi connectivity index (χ3v) is 3.89. The third kappa shape index (κ3) is 2.72. The molecular formula is C14H16N2O5. The highest BCUT2D eigenvalue weighted by Gasteiger charge is 2.43. The number of rotatable bonds is 4. The van der Waals surface area contributed by atoms with E-state index < -0.39 is 22.3 Å². The zero-order valence-corrected chi connectivity index (χ0v) is 11.6. The van der Waals surface area contributed by atoms with Crippen molar-refractivity contribution in [3.8, 4) is 0 Å². The van der Waals surface area contributed by atoms with E-state index in [1.807, 2.05) is 0 Å². The van der Waals surface area contributed by atoms with Crippen LogP contribution in [-0.2, 0) is 4.79 Å². The molecule has 1 aromatic carbocycles. The molecule has 0 heterocycles. The first-order valence-electron chi connectivity index (χ1n) is 6.67. The van der Waals surface area contributed by atoms with Crippen molar-refractivity contribution in [2.24, 2.45) is 0 Å². The summed E-state index contributed by atoms with van der Waals surface area (Å²) in [5.74, 6) is -1.80. The summed E-state index contributed by atoms with van der Waals surface area (Å²) in [6.07, 6.45) is 2.10. The van der Waals surface area contributed by atoms with Gasteiger partial charge in [0.25, 0.3) is 11.6 Å². The first-order valence-corrected chi connectivity index (χ1v) is 6.67. The molecule has 1 saturated carbocycles. The molecule has 1 amide bonds. The molecule has 1 fully saturated rings. The molecule has 0 unspecified atom stereocenters. The Morgan fingerprint density at radius 3 is 2.48 bits per heavy atom. The summed E-state index contributed by atoms with van der Waals surface area (Å²) in [5.41, 5.74) is -1.26. The van der Waals surface area contributed by atoms with Crippen LogP contribution in [0.3, 0.4) is 0 Å². The Hall–Kier alpha value is -2.44. The van der Waals surface area contributed by atoms with E-state index in [0.717, 1.165) is 0 Å². The normalized spacial score (nSPS) is 16.4. The van der Waals surface area contributed by atoms with E-state index in [1.54, 1.807) is 13.0 Å². The zero-order chi connectivity index (χ0) is 15.6. The third-order valence-electron chi connectivity index (χ3n) is 3.89. The molecule has 0 radical (unpaired) electrons. The number of hydrogen-bond donors (Lipinski definition) is 2. The summed E-state index contributed by atoms with van der Waals surface area (Å²) in [4.78, 5) is 34.2. The topological polar surface area (TPSA) is 110 Å². The minimum atomic E-state index is -1.31. The monoisotopic (exact) mass is 292 g/mol. The number of carboxylic acid groups (broad SMARTS) is 1. The molecule has 0 aromatic heterocycles. The Labute approximate surface area is 121 Å². The highest BCUT2D eigenvalue weighted by Crippen LogP contribution is 2.31. The number of amides is 1. The van der Waals surface area contributed by atoms with Gasteiger partial charge in [-0.3, -0.25) is 14.9 Å². The number of aliphatic carboxylic acids is 1. The van der Waals surface area contributed by atoms with Crippen LogP contribution in [0.4, 0.5) is 5.69 Å². The van der Waals surface area contributed by atoms with Crippen LogP contribution in [-0.4, -0.2) is 27.4 Å². The molecule has 0 atom stereocenters. The maximum absolute atomic E-state index is 12.4. The van der Waals surface area contributed by atoms with E-state index in [9.17, 15) is 24.8 Å². The largest absolute Gasteiger partial charge is 0.480 e. The van der Waals surface area contributed by atoms with E-state index in [0.29, 0.717) is 31.2 Å². The van der Waals surface area contributed by atoms with Crippen LogP contribution in [0, 0.1) is 17.0 Å². The average Bonchev–Trinajstić information content (AvgIpc) is 2.87. The van der Waals surface area contributed by atoms with Crippen molar-refractivity contribution in [2.45, 2.75) is 38.1 Å². The quantitative estimate of drug-likeness (QED) is 0.651. The lowest BCUT2D eigenvalue weighted by molar-refractivity contribution is -0.385. The highest BCUT2D eigenvalue weighted by atomic mass is 16.6. The molecule has 112 valence electrons. The van der Waals surface area contributed by atoms with Gasteiger partial charge >= 0.3 is 5.97 Å². The average molecular weight is 292 g/mol. The lowest BCUT2D eigenvalue weighted by Gasteiger charge is -2.25. The van der Waals surface area contributed by atoms with Gasteiger partial charge in [0.1, 0.15) is 11.1 Å². The van der Waals surface area contributed by atoms with Gasteiger partial charge < -0.3 is 10.4 Å². The van der Waals surface area contributed by atoms with Crippen molar-refractivity contribution in [1.82, 2.24) is 5.32 Å². The number of nitrogens with one attached hydrogen (secondary N) is 1.